The summed E-state index contributed by atoms with van der Waals surface area (Å²) in [7, 11) is 2.07. The third-order valence-electron chi connectivity index (χ3n) is 4.63. The van der Waals surface area contributed by atoms with Crippen molar-refractivity contribution in [2.45, 2.75) is 43.9 Å². The summed E-state index contributed by atoms with van der Waals surface area (Å²) in [4.78, 5) is 4.60. The fourth-order valence-corrected chi connectivity index (χ4v) is 3.45. The fourth-order valence-electron chi connectivity index (χ4n) is 3.45. The van der Waals surface area contributed by atoms with Gasteiger partial charge in [0.2, 0.25) is 0 Å². The van der Waals surface area contributed by atoms with Crippen molar-refractivity contribution < 1.29 is 13.2 Å². The number of hydrogen-bond donors (Lipinski definition) is 1. The average molecular weight is 279 g/mol. The molecule has 3 nitrogen and oxygen atoms in total. The van der Waals surface area contributed by atoms with Crippen molar-refractivity contribution in [2.75, 3.05) is 33.2 Å². The summed E-state index contributed by atoms with van der Waals surface area (Å²) in [6, 6.07) is 0.590. The summed E-state index contributed by atoms with van der Waals surface area (Å²) >= 11 is 0. The molecule has 1 saturated heterocycles. The van der Waals surface area contributed by atoms with E-state index in [9.17, 15) is 13.2 Å². The fraction of sp³-hybridized carbons (Fsp3) is 1.00. The number of likely N-dealkylation sites (N-methyl/N-ethyl adjacent to an activating group) is 1. The van der Waals surface area contributed by atoms with Gasteiger partial charge in [-0.25, -0.2) is 0 Å². The summed E-state index contributed by atoms with van der Waals surface area (Å²) in [5.41, 5.74) is 5.81. The van der Waals surface area contributed by atoms with Gasteiger partial charge in [0.05, 0.1) is 5.92 Å². The molecule has 1 aliphatic heterocycles. The zero-order chi connectivity index (χ0) is 14.0. The van der Waals surface area contributed by atoms with Crippen molar-refractivity contribution in [3.63, 3.8) is 0 Å². The van der Waals surface area contributed by atoms with Gasteiger partial charge in [-0.15, -0.1) is 0 Å². The predicted molar refractivity (Wildman–Crippen MR) is 68.8 cm³/mol. The predicted octanol–water partition coefficient (Wildman–Crippen LogP) is 1.68. The van der Waals surface area contributed by atoms with Crippen LogP contribution >= 0.6 is 0 Å². The van der Waals surface area contributed by atoms with Gasteiger partial charge in [-0.2, -0.15) is 13.2 Å². The van der Waals surface area contributed by atoms with Crippen molar-refractivity contribution in [2.24, 2.45) is 11.7 Å². The molecule has 6 heteroatoms. The van der Waals surface area contributed by atoms with Gasteiger partial charge >= 0.3 is 6.18 Å². The van der Waals surface area contributed by atoms with E-state index in [4.69, 9.17) is 5.73 Å². The van der Waals surface area contributed by atoms with Gasteiger partial charge in [0.15, 0.2) is 0 Å². The number of rotatable bonds is 2. The molecule has 112 valence electrons. The first-order valence-corrected chi connectivity index (χ1v) is 7.13. The normalized spacial score (nSPS) is 35.5. The van der Waals surface area contributed by atoms with Crippen LogP contribution in [-0.4, -0.2) is 61.3 Å². The second-order valence-electron chi connectivity index (χ2n) is 5.94. The van der Waals surface area contributed by atoms with E-state index in [-0.39, 0.29) is 12.8 Å². The Morgan fingerprint density at radius 2 is 1.74 bits per heavy atom. The second-order valence-corrected chi connectivity index (χ2v) is 5.94. The zero-order valence-corrected chi connectivity index (χ0v) is 11.5. The van der Waals surface area contributed by atoms with Gasteiger partial charge in [0.1, 0.15) is 0 Å². The molecule has 19 heavy (non-hydrogen) atoms. The van der Waals surface area contributed by atoms with Gasteiger partial charge in [0, 0.05) is 38.3 Å². The Balaban J connectivity index is 1.90. The molecular weight excluding hydrogens is 255 g/mol. The molecule has 0 aromatic heterocycles. The van der Waals surface area contributed by atoms with Crippen LogP contribution in [0.2, 0.25) is 0 Å². The Morgan fingerprint density at radius 3 is 2.26 bits per heavy atom. The van der Waals surface area contributed by atoms with Crippen LogP contribution < -0.4 is 5.73 Å². The van der Waals surface area contributed by atoms with E-state index in [1.807, 2.05) is 0 Å². The van der Waals surface area contributed by atoms with Crippen LogP contribution in [0.3, 0.4) is 0 Å². The van der Waals surface area contributed by atoms with Crippen molar-refractivity contribution >= 4 is 0 Å². The van der Waals surface area contributed by atoms with Crippen LogP contribution in [0, 0.1) is 5.92 Å². The van der Waals surface area contributed by atoms with Crippen LogP contribution in [0.15, 0.2) is 0 Å². The topological polar surface area (TPSA) is 32.5 Å². The maximum absolute atomic E-state index is 12.7. The molecule has 2 aliphatic rings. The molecule has 2 fully saturated rings. The molecule has 0 bridgehead atoms. The molecule has 1 aliphatic carbocycles. The summed E-state index contributed by atoms with van der Waals surface area (Å²) in [6.07, 6.45) is -2.15. The number of hydrogen-bond acceptors (Lipinski definition) is 3. The van der Waals surface area contributed by atoms with Crippen LogP contribution in [0.1, 0.15) is 25.7 Å². The number of alkyl halides is 3. The smallest absolute Gasteiger partial charge is 0.329 e. The van der Waals surface area contributed by atoms with Crippen molar-refractivity contribution in [3.05, 3.63) is 0 Å². The highest BCUT2D eigenvalue weighted by atomic mass is 19.4. The maximum atomic E-state index is 12.7. The highest BCUT2D eigenvalue weighted by Gasteiger charge is 2.43. The number of piperazine rings is 1. The lowest BCUT2D eigenvalue weighted by molar-refractivity contribution is -0.185. The van der Waals surface area contributed by atoms with Gasteiger partial charge in [0.25, 0.3) is 0 Å². The molecule has 0 aromatic carbocycles. The minimum Gasteiger partial charge on any atom is -0.329 e. The zero-order valence-electron chi connectivity index (χ0n) is 11.5. The lowest BCUT2D eigenvalue weighted by Gasteiger charge is -2.46. The second kappa shape index (κ2) is 5.97. The Hall–Kier alpha value is -0.330. The van der Waals surface area contributed by atoms with E-state index in [2.05, 4.69) is 16.8 Å². The summed E-state index contributed by atoms with van der Waals surface area (Å²) in [5.74, 6) is -1.09. The number of nitrogens with two attached hydrogens (primary N) is 1. The van der Waals surface area contributed by atoms with E-state index in [0.717, 1.165) is 19.6 Å². The Labute approximate surface area is 112 Å². The van der Waals surface area contributed by atoms with E-state index in [1.165, 1.54) is 0 Å². The highest BCUT2D eigenvalue weighted by molar-refractivity contribution is 4.89. The van der Waals surface area contributed by atoms with Crippen molar-refractivity contribution in [1.82, 2.24) is 9.80 Å². The third kappa shape index (κ3) is 3.61. The summed E-state index contributed by atoms with van der Waals surface area (Å²) in [6.45, 7) is 3.43. The quantitative estimate of drug-likeness (QED) is 0.835. The Morgan fingerprint density at radius 1 is 1.11 bits per heavy atom. The van der Waals surface area contributed by atoms with Gasteiger partial charge in [-0.3, -0.25) is 4.90 Å². The molecule has 0 amide bonds. The first-order valence-electron chi connectivity index (χ1n) is 7.13. The van der Waals surface area contributed by atoms with Crippen molar-refractivity contribution in [1.29, 1.82) is 0 Å². The van der Waals surface area contributed by atoms with Gasteiger partial charge in [-0.05, 0) is 32.7 Å². The molecule has 0 spiro atoms. The first kappa shape index (κ1) is 15.1. The molecule has 1 saturated carbocycles. The van der Waals surface area contributed by atoms with E-state index < -0.39 is 12.1 Å². The average Bonchev–Trinajstić information content (AvgIpc) is 2.37. The number of nitrogens with zero attached hydrogens (tertiary/aromatic N) is 2. The lowest BCUT2D eigenvalue weighted by atomic mass is 9.84. The van der Waals surface area contributed by atoms with E-state index in [1.54, 1.807) is 0 Å². The first-order chi connectivity index (χ1) is 8.91. The largest absolute Gasteiger partial charge is 0.391 e. The number of halogens is 3. The third-order valence-corrected chi connectivity index (χ3v) is 4.63. The maximum Gasteiger partial charge on any atom is 0.391 e. The molecule has 0 radical (unpaired) electrons. The summed E-state index contributed by atoms with van der Waals surface area (Å²) < 4.78 is 38.0. The minimum atomic E-state index is -4.01. The van der Waals surface area contributed by atoms with E-state index >= 15 is 0 Å². The van der Waals surface area contributed by atoms with Crippen LogP contribution in [0.5, 0.6) is 0 Å². The van der Waals surface area contributed by atoms with E-state index in [0.29, 0.717) is 31.5 Å². The monoisotopic (exact) mass is 279 g/mol. The van der Waals surface area contributed by atoms with Crippen LogP contribution in [0.4, 0.5) is 13.2 Å². The molecule has 1 atom stereocenters. The molecule has 1 unspecified atom stereocenters. The van der Waals surface area contributed by atoms with Crippen LogP contribution in [-0.2, 0) is 0 Å². The minimum absolute atomic E-state index is 0.276. The highest BCUT2D eigenvalue weighted by Crippen LogP contribution is 2.39. The standard InChI is InChI=1S/C13H24F3N3/c1-18-6-7-19(12(8-17)9-18)11-4-2-10(3-5-11)13(14,15)16/h10-12H,2-9,17H2,1H3. The van der Waals surface area contributed by atoms with Gasteiger partial charge < -0.3 is 10.6 Å². The molecule has 1 heterocycles. The van der Waals surface area contributed by atoms with Crippen LogP contribution in [0.25, 0.3) is 0 Å². The Kier molecular flexibility index (Phi) is 4.74. The Bertz CT molecular complexity index is 287. The SMILES string of the molecule is CN1CCN(C2CCC(C(F)(F)F)CC2)C(CN)C1. The lowest BCUT2D eigenvalue weighted by Crippen LogP contribution is -2.58. The molecular formula is C13H24F3N3. The van der Waals surface area contributed by atoms with Gasteiger partial charge in [-0.1, -0.05) is 0 Å². The molecule has 2 N–H and O–H groups in total. The summed E-state index contributed by atoms with van der Waals surface area (Å²) in [5, 5.41) is 0. The van der Waals surface area contributed by atoms with Crippen molar-refractivity contribution in [3.8, 4) is 0 Å². The molecule has 2 rings (SSSR count). The molecule has 0 aromatic rings.